The minimum atomic E-state index is -0.847. The van der Waals surface area contributed by atoms with Gasteiger partial charge in [0, 0.05) is 17.9 Å². The molecule has 2 N–H and O–H groups in total. The molecule has 1 heterocycles. The summed E-state index contributed by atoms with van der Waals surface area (Å²) in [7, 11) is 0. The van der Waals surface area contributed by atoms with Crippen LogP contribution in [-0.4, -0.2) is 22.8 Å². The van der Waals surface area contributed by atoms with Crippen LogP contribution in [0.3, 0.4) is 0 Å². The molecular weight excluding hydrogens is 324 g/mol. The number of phenolic OH excluding ortho intramolecular Hbond substituents is 2. The molecule has 0 amide bonds. The topological polar surface area (TPSA) is 97.0 Å². The summed E-state index contributed by atoms with van der Waals surface area (Å²) in [5.41, 5.74) is -1.01. The van der Waals surface area contributed by atoms with Crippen LogP contribution in [0.2, 0.25) is 0 Å². The Kier molecular flexibility index (Phi) is 6.47. The van der Waals surface area contributed by atoms with Crippen molar-refractivity contribution in [2.24, 2.45) is 0 Å². The number of carbonyl (C=O) groups excluding carboxylic acids is 1. The number of hydrogen-bond donors (Lipinski definition) is 2. The standard InChI is InChI=1S/C19H20O6/c1-2-3-4-5-6-7-8-9-24-18(22)14-10-13-11-15(20)16(21)12-17(13)25-19(14)23/h10-12,20-21H,4-9H2,1H3. The molecule has 0 saturated heterocycles. The lowest BCUT2D eigenvalue weighted by Gasteiger charge is -2.05. The number of esters is 1. The molecule has 6 nitrogen and oxygen atoms in total. The van der Waals surface area contributed by atoms with Gasteiger partial charge in [0.25, 0.3) is 0 Å². The smallest absolute Gasteiger partial charge is 0.351 e. The number of unbranched alkanes of at least 4 members (excludes halogenated alkanes) is 4. The molecule has 0 aliphatic heterocycles. The molecule has 0 atom stereocenters. The summed E-state index contributed by atoms with van der Waals surface area (Å²) < 4.78 is 10.1. The molecule has 0 fully saturated rings. The van der Waals surface area contributed by atoms with Gasteiger partial charge in [-0.15, -0.1) is 11.8 Å². The van der Waals surface area contributed by atoms with Crippen molar-refractivity contribution in [2.75, 3.05) is 6.61 Å². The molecule has 6 heteroatoms. The third-order valence-electron chi connectivity index (χ3n) is 3.66. The summed E-state index contributed by atoms with van der Waals surface area (Å²) in [5, 5.41) is 19.2. The first kappa shape index (κ1) is 18.4. The number of carbonyl (C=O) groups is 1. The number of fused-ring (bicyclic) bond motifs is 1. The Morgan fingerprint density at radius 2 is 1.84 bits per heavy atom. The molecule has 0 aliphatic carbocycles. The molecule has 2 rings (SSSR count). The van der Waals surface area contributed by atoms with Gasteiger partial charge in [-0.1, -0.05) is 12.8 Å². The van der Waals surface area contributed by atoms with Gasteiger partial charge in [-0.05, 0) is 31.9 Å². The number of benzene rings is 1. The van der Waals surface area contributed by atoms with Crippen LogP contribution in [0.1, 0.15) is 49.4 Å². The first-order valence-corrected chi connectivity index (χ1v) is 8.09. The lowest BCUT2D eigenvalue weighted by atomic mass is 10.1. The van der Waals surface area contributed by atoms with E-state index in [1.165, 1.54) is 12.1 Å². The van der Waals surface area contributed by atoms with E-state index in [4.69, 9.17) is 9.15 Å². The van der Waals surface area contributed by atoms with E-state index in [0.29, 0.717) is 11.8 Å². The molecule has 0 saturated carbocycles. The van der Waals surface area contributed by atoms with Gasteiger partial charge in [-0.3, -0.25) is 0 Å². The number of phenols is 2. The summed E-state index contributed by atoms with van der Waals surface area (Å²) >= 11 is 0. The van der Waals surface area contributed by atoms with Gasteiger partial charge in [-0.2, -0.15) is 0 Å². The van der Waals surface area contributed by atoms with Crippen molar-refractivity contribution in [1.82, 2.24) is 0 Å². The quantitative estimate of drug-likeness (QED) is 0.263. The highest BCUT2D eigenvalue weighted by molar-refractivity contribution is 5.93. The number of hydrogen-bond acceptors (Lipinski definition) is 6. The average molecular weight is 344 g/mol. The number of aromatic hydroxyl groups is 2. The zero-order chi connectivity index (χ0) is 18.2. The van der Waals surface area contributed by atoms with Crippen LogP contribution in [0.4, 0.5) is 0 Å². The summed E-state index contributed by atoms with van der Waals surface area (Å²) in [6, 6.07) is 3.61. The Balaban J connectivity index is 1.93. The third-order valence-corrected chi connectivity index (χ3v) is 3.66. The van der Waals surface area contributed by atoms with Crippen molar-refractivity contribution in [2.45, 2.75) is 39.0 Å². The van der Waals surface area contributed by atoms with Crippen LogP contribution in [0.15, 0.2) is 27.4 Å². The van der Waals surface area contributed by atoms with Crippen LogP contribution in [0.25, 0.3) is 11.0 Å². The molecule has 25 heavy (non-hydrogen) atoms. The fourth-order valence-electron chi connectivity index (χ4n) is 2.32. The highest BCUT2D eigenvalue weighted by Gasteiger charge is 2.16. The first-order chi connectivity index (χ1) is 12.0. The Labute approximate surface area is 145 Å². The second-order valence-corrected chi connectivity index (χ2v) is 5.55. The maximum absolute atomic E-state index is 12.0. The number of rotatable bonds is 7. The molecule has 0 unspecified atom stereocenters. The van der Waals surface area contributed by atoms with Crippen LogP contribution >= 0.6 is 0 Å². The van der Waals surface area contributed by atoms with E-state index in [1.54, 1.807) is 0 Å². The van der Waals surface area contributed by atoms with E-state index in [2.05, 4.69) is 11.8 Å². The van der Waals surface area contributed by atoms with Gasteiger partial charge in [0.1, 0.15) is 11.1 Å². The predicted octanol–water partition coefficient (Wildman–Crippen LogP) is 3.33. The first-order valence-electron chi connectivity index (χ1n) is 8.09. The summed E-state index contributed by atoms with van der Waals surface area (Å²) in [6.07, 6.45) is 4.51. The Bertz CT molecular complexity index is 869. The highest BCUT2D eigenvalue weighted by Crippen LogP contribution is 2.29. The van der Waals surface area contributed by atoms with Crippen molar-refractivity contribution in [3.63, 3.8) is 0 Å². The van der Waals surface area contributed by atoms with Gasteiger partial charge in [0.05, 0.1) is 6.61 Å². The largest absolute Gasteiger partial charge is 0.504 e. The van der Waals surface area contributed by atoms with Crippen LogP contribution < -0.4 is 5.63 Å². The molecule has 0 bridgehead atoms. The van der Waals surface area contributed by atoms with Crippen molar-refractivity contribution in [3.05, 3.63) is 34.2 Å². The van der Waals surface area contributed by atoms with Gasteiger partial charge in [0.2, 0.25) is 0 Å². The second kappa shape index (κ2) is 8.78. The second-order valence-electron chi connectivity index (χ2n) is 5.55. The fourth-order valence-corrected chi connectivity index (χ4v) is 2.32. The van der Waals surface area contributed by atoms with Crippen molar-refractivity contribution in [3.8, 4) is 23.3 Å². The van der Waals surface area contributed by atoms with E-state index in [9.17, 15) is 19.8 Å². The zero-order valence-electron chi connectivity index (χ0n) is 14.0. The van der Waals surface area contributed by atoms with E-state index >= 15 is 0 Å². The lowest BCUT2D eigenvalue weighted by Crippen LogP contribution is -2.17. The van der Waals surface area contributed by atoms with Crippen molar-refractivity contribution < 1.29 is 24.2 Å². The number of ether oxygens (including phenoxy) is 1. The molecule has 2 aromatic rings. The van der Waals surface area contributed by atoms with Crippen molar-refractivity contribution >= 4 is 16.9 Å². The van der Waals surface area contributed by atoms with Crippen LogP contribution in [-0.2, 0) is 4.74 Å². The molecular formula is C19H20O6. The van der Waals surface area contributed by atoms with Gasteiger partial charge < -0.3 is 19.4 Å². The lowest BCUT2D eigenvalue weighted by molar-refractivity contribution is 0.0493. The van der Waals surface area contributed by atoms with Crippen LogP contribution in [0, 0.1) is 11.8 Å². The minimum absolute atomic E-state index is 0.0760. The third kappa shape index (κ3) is 5.01. The maximum Gasteiger partial charge on any atom is 0.351 e. The average Bonchev–Trinajstić information content (AvgIpc) is 2.58. The summed E-state index contributed by atoms with van der Waals surface area (Å²) in [6.45, 7) is 2.03. The molecule has 0 spiro atoms. The van der Waals surface area contributed by atoms with Gasteiger partial charge in [0.15, 0.2) is 11.5 Å². The summed E-state index contributed by atoms with van der Waals surface area (Å²) in [4.78, 5) is 23.9. The van der Waals surface area contributed by atoms with Gasteiger partial charge in [-0.25, -0.2) is 9.59 Å². The SMILES string of the molecule is CC#CCCCCCCOC(=O)c1cc2cc(O)c(O)cc2oc1=O. The molecule has 132 valence electrons. The van der Waals surface area contributed by atoms with E-state index in [-0.39, 0.29) is 23.5 Å². The van der Waals surface area contributed by atoms with Crippen LogP contribution in [0.5, 0.6) is 11.5 Å². The molecule has 0 aliphatic rings. The maximum atomic E-state index is 12.0. The summed E-state index contributed by atoms with van der Waals surface area (Å²) in [5.74, 6) is 4.30. The molecule has 1 aromatic carbocycles. The predicted molar refractivity (Wildman–Crippen MR) is 92.6 cm³/mol. The van der Waals surface area contributed by atoms with Crippen molar-refractivity contribution in [1.29, 1.82) is 0 Å². The zero-order valence-corrected chi connectivity index (χ0v) is 14.0. The monoisotopic (exact) mass is 344 g/mol. The van der Waals surface area contributed by atoms with E-state index in [0.717, 1.165) is 31.7 Å². The normalized spacial score (nSPS) is 10.3. The Hall–Kier alpha value is -2.94. The minimum Gasteiger partial charge on any atom is -0.504 e. The van der Waals surface area contributed by atoms with E-state index < -0.39 is 17.3 Å². The Morgan fingerprint density at radius 3 is 2.60 bits per heavy atom. The molecule has 1 aromatic heterocycles. The Morgan fingerprint density at radius 1 is 1.12 bits per heavy atom. The fraction of sp³-hybridized carbons (Fsp3) is 0.368. The highest BCUT2D eigenvalue weighted by atomic mass is 16.5. The van der Waals surface area contributed by atoms with E-state index in [1.807, 2.05) is 6.92 Å². The molecule has 0 radical (unpaired) electrons. The van der Waals surface area contributed by atoms with Gasteiger partial charge >= 0.3 is 11.6 Å².